The molecule has 0 saturated heterocycles. The molecule has 0 fully saturated rings. The Morgan fingerprint density at radius 3 is 2.42 bits per heavy atom. The second-order valence-corrected chi connectivity index (χ2v) is 7.49. The molecule has 0 N–H and O–H groups in total. The summed E-state index contributed by atoms with van der Waals surface area (Å²) in [4.78, 5) is 26.7. The molecule has 3 rings (SSSR count). The van der Waals surface area contributed by atoms with E-state index in [1.807, 2.05) is 50.4 Å². The second-order valence-electron chi connectivity index (χ2n) is 7.49. The first-order chi connectivity index (χ1) is 15.0. The van der Waals surface area contributed by atoms with Gasteiger partial charge in [-0.3, -0.25) is 4.79 Å². The van der Waals surface area contributed by atoms with Crippen LogP contribution in [0.5, 0.6) is 0 Å². The second kappa shape index (κ2) is 10.1. The highest BCUT2D eigenvalue weighted by molar-refractivity contribution is 5.94. The fourth-order valence-electron chi connectivity index (χ4n) is 3.40. The van der Waals surface area contributed by atoms with E-state index in [1.165, 1.54) is 0 Å². The molecule has 6 nitrogen and oxygen atoms in total. The normalized spacial score (nSPS) is 10.7. The number of carbonyl (C=O) groups is 2. The van der Waals surface area contributed by atoms with Crippen LogP contribution in [-0.2, 0) is 4.74 Å². The summed E-state index contributed by atoms with van der Waals surface area (Å²) in [6, 6.07) is 17.0. The molecular weight excluding hydrogens is 390 g/mol. The highest BCUT2D eigenvalue weighted by atomic mass is 16.5. The van der Waals surface area contributed by atoms with Crippen LogP contribution in [0.1, 0.15) is 53.1 Å². The van der Waals surface area contributed by atoms with E-state index in [4.69, 9.17) is 4.74 Å². The molecule has 0 aliphatic heterocycles. The van der Waals surface area contributed by atoms with E-state index < -0.39 is 5.97 Å². The number of carbonyl (C=O) groups excluding carboxylic acids is 2. The fraction of sp³-hybridized carbons (Fsp3) is 0.320. The lowest BCUT2D eigenvalue weighted by atomic mass is 10.1. The van der Waals surface area contributed by atoms with Gasteiger partial charge in [0.25, 0.3) is 5.91 Å². The number of unbranched alkanes of at least 4 members (excludes halogenated alkanes) is 1. The average molecular weight is 420 g/mol. The van der Waals surface area contributed by atoms with Gasteiger partial charge in [0.15, 0.2) is 5.69 Å². The first-order valence-corrected chi connectivity index (χ1v) is 10.6. The van der Waals surface area contributed by atoms with Crippen LogP contribution in [0.25, 0.3) is 16.9 Å². The van der Waals surface area contributed by atoms with Crippen molar-refractivity contribution in [2.45, 2.75) is 33.6 Å². The van der Waals surface area contributed by atoms with E-state index in [0.717, 1.165) is 41.9 Å². The number of aryl methyl sites for hydroxylation is 1. The van der Waals surface area contributed by atoms with Crippen LogP contribution in [0.3, 0.4) is 0 Å². The summed E-state index contributed by atoms with van der Waals surface area (Å²) in [7, 11) is 1.82. The van der Waals surface area contributed by atoms with Gasteiger partial charge in [0.1, 0.15) is 0 Å². The Kier molecular flexibility index (Phi) is 7.23. The van der Waals surface area contributed by atoms with Gasteiger partial charge in [-0.25, -0.2) is 9.48 Å². The Morgan fingerprint density at radius 1 is 1.06 bits per heavy atom. The monoisotopic (exact) mass is 419 g/mol. The van der Waals surface area contributed by atoms with Crippen molar-refractivity contribution in [2.24, 2.45) is 0 Å². The molecule has 31 heavy (non-hydrogen) atoms. The van der Waals surface area contributed by atoms with Gasteiger partial charge in [-0.05, 0) is 56.2 Å². The summed E-state index contributed by atoms with van der Waals surface area (Å²) in [5.41, 5.74) is 4.48. The van der Waals surface area contributed by atoms with Gasteiger partial charge in [0.05, 0.1) is 18.0 Å². The molecule has 1 heterocycles. The lowest BCUT2D eigenvalue weighted by Crippen LogP contribution is -2.27. The summed E-state index contributed by atoms with van der Waals surface area (Å²) >= 11 is 0. The molecule has 0 bridgehead atoms. The summed E-state index contributed by atoms with van der Waals surface area (Å²) in [6.45, 7) is 6.91. The van der Waals surface area contributed by atoms with Crippen molar-refractivity contribution >= 4 is 11.9 Å². The van der Waals surface area contributed by atoms with Crippen molar-refractivity contribution in [1.82, 2.24) is 14.7 Å². The Bertz CT molecular complexity index is 1050. The van der Waals surface area contributed by atoms with Crippen LogP contribution in [0, 0.1) is 6.92 Å². The van der Waals surface area contributed by atoms with Crippen molar-refractivity contribution in [2.75, 3.05) is 20.2 Å². The third-order valence-electron chi connectivity index (χ3n) is 5.17. The predicted octanol–water partition coefficient (Wildman–Crippen LogP) is 4.90. The molecule has 0 spiro atoms. The van der Waals surface area contributed by atoms with Crippen LogP contribution in [-0.4, -0.2) is 46.8 Å². The first kappa shape index (κ1) is 22.3. The highest BCUT2D eigenvalue weighted by Gasteiger charge is 2.19. The number of hydrogen-bond donors (Lipinski definition) is 0. The van der Waals surface area contributed by atoms with Crippen LogP contribution >= 0.6 is 0 Å². The zero-order valence-electron chi connectivity index (χ0n) is 18.6. The standard InChI is InChI=1S/C25H29N3O3/c1-5-7-16-27(4)24(29)19-12-14-20(15-13-19)28-23(21-11-9-8-10-18(21)3)17-22(26-28)25(30)31-6-2/h8-15,17H,5-7,16H2,1-4H3. The zero-order chi connectivity index (χ0) is 22.4. The maximum atomic E-state index is 12.6. The summed E-state index contributed by atoms with van der Waals surface area (Å²) < 4.78 is 6.87. The smallest absolute Gasteiger partial charge is 0.358 e. The quantitative estimate of drug-likeness (QED) is 0.487. The van der Waals surface area contributed by atoms with Crippen molar-refractivity contribution in [1.29, 1.82) is 0 Å². The van der Waals surface area contributed by atoms with E-state index in [1.54, 1.807) is 34.7 Å². The van der Waals surface area contributed by atoms with Crippen LogP contribution in [0.2, 0.25) is 0 Å². The molecule has 0 aliphatic rings. The molecule has 0 radical (unpaired) electrons. The Hall–Kier alpha value is -3.41. The summed E-state index contributed by atoms with van der Waals surface area (Å²) in [6.07, 6.45) is 2.02. The van der Waals surface area contributed by atoms with Crippen LogP contribution in [0.4, 0.5) is 0 Å². The average Bonchev–Trinajstić information content (AvgIpc) is 3.23. The first-order valence-electron chi connectivity index (χ1n) is 10.6. The minimum Gasteiger partial charge on any atom is -0.461 e. The molecule has 162 valence electrons. The van der Waals surface area contributed by atoms with Crippen LogP contribution < -0.4 is 0 Å². The maximum Gasteiger partial charge on any atom is 0.358 e. The summed E-state index contributed by atoms with van der Waals surface area (Å²) in [5.74, 6) is -0.466. The minimum absolute atomic E-state index is 0.00759. The molecule has 0 unspecified atom stereocenters. The molecule has 1 aromatic heterocycles. The fourth-order valence-corrected chi connectivity index (χ4v) is 3.40. The third-order valence-corrected chi connectivity index (χ3v) is 5.17. The van der Waals surface area contributed by atoms with Gasteiger partial charge in [-0.1, -0.05) is 37.6 Å². The minimum atomic E-state index is -0.458. The van der Waals surface area contributed by atoms with Gasteiger partial charge in [0.2, 0.25) is 0 Å². The van der Waals surface area contributed by atoms with Crippen molar-refractivity contribution < 1.29 is 14.3 Å². The van der Waals surface area contributed by atoms with E-state index in [2.05, 4.69) is 12.0 Å². The number of esters is 1. The molecule has 0 atom stereocenters. The Labute approximate surface area is 183 Å². The zero-order valence-corrected chi connectivity index (χ0v) is 18.6. The van der Waals surface area contributed by atoms with Crippen molar-refractivity contribution in [3.05, 3.63) is 71.4 Å². The highest BCUT2D eigenvalue weighted by Crippen LogP contribution is 2.27. The number of rotatable bonds is 8. The molecule has 2 aromatic carbocycles. The molecule has 0 aliphatic carbocycles. The summed E-state index contributed by atoms with van der Waals surface area (Å²) in [5, 5.41) is 4.51. The topological polar surface area (TPSA) is 64.4 Å². The Balaban J connectivity index is 1.98. The molecule has 1 amide bonds. The van der Waals surface area contributed by atoms with E-state index in [9.17, 15) is 9.59 Å². The van der Waals surface area contributed by atoms with Gasteiger partial charge >= 0.3 is 5.97 Å². The third kappa shape index (κ3) is 5.02. The van der Waals surface area contributed by atoms with E-state index in [-0.39, 0.29) is 18.2 Å². The number of benzene rings is 2. The van der Waals surface area contributed by atoms with E-state index >= 15 is 0 Å². The molecular formula is C25H29N3O3. The largest absolute Gasteiger partial charge is 0.461 e. The molecule has 0 saturated carbocycles. The Morgan fingerprint density at radius 2 is 1.77 bits per heavy atom. The number of ether oxygens (including phenoxy) is 1. The van der Waals surface area contributed by atoms with Gasteiger partial charge < -0.3 is 9.64 Å². The van der Waals surface area contributed by atoms with Crippen molar-refractivity contribution in [3.63, 3.8) is 0 Å². The SMILES string of the molecule is CCCCN(C)C(=O)c1ccc(-n2nc(C(=O)OCC)cc2-c2ccccc2C)cc1. The van der Waals surface area contributed by atoms with Gasteiger partial charge in [-0.15, -0.1) is 0 Å². The predicted molar refractivity (Wildman–Crippen MR) is 122 cm³/mol. The van der Waals surface area contributed by atoms with Gasteiger partial charge in [0, 0.05) is 24.7 Å². The van der Waals surface area contributed by atoms with Crippen LogP contribution in [0.15, 0.2) is 54.6 Å². The molecule has 3 aromatic rings. The lowest BCUT2D eigenvalue weighted by molar-refractivity contribution is 0.0518. The number of amides is 1. The van der Waals surface area contributed by atoms with Gasteiger partial charge in [-0.2, -0.15) is 5.10 Å². The van der Waals surface area contributed by atoms with Crippen molar-refractivity contribution in [3.8, 4) is 16.9 Å². The molecule has 6 heteroatoms. The number of hydrogen-bond acceptors (Lipinski definition) is 4. The van der Waals surface area contributed by atoms with E-state index in [0.29, 0.717) is 5.56 Å². The number of aromatic nitrogens is 2. The lowest BCUT2D eigenvalue weighted by Gasteiger charge is -2.17. The maximum absolute atomic E-state index is 12.6. The number of nitrogens with zero attached hydrogens (tertiary/aromatic N) is 3.